The minimum Gasteiger partial charge on any atom is -0.356 e. The first-order valence-corrected chi connectivity index (χ1v) is 9.21. The van der Waals surface area contributed by atoms with E-state index < -0.39 is 0 Å². The second-order valence-electron chi connectivity index (χ2n) is 6.33. The number of aliphatic imine (C=N–C) groups is 1. The topological polar surface area (TPSA) is 54.2 Å². The van der Waals surface area contributed by atoms with Gasteiger partial charge in [0.1, 0.15) is 0 Å². The lowest BCUT2D eigenvalue weighted by molar-refractivity contribution is 0.389. The molecule has 0 amide bonds. The van der Waals surface area contributed by atoms with Crippen molar-refractivity contribution in [2.24, 2.45) is 4.99 Å². The highest BCUT2D eigenvalue weighted by Crippen LogP contribution is 2.30. The highest BCUT2D eigenvalue weighted by Gasteiger charge is 2.28. The monoisotopic (exact) mass is 469 g/mol. The first kappa shape index (κ1) is 22.5. The molecule has 1 heterocycles. The van der Waals surface area contributed by atoms with Gasteiger partial charge in [-0.15, -0.1) is 24.0 Å². The van der Waals surface area contributed by atoms with Gasteiger partial charge in [-0.1, -0.05) is 44.2 Å². The maximum Gasteiger partial charge on any atom is 0.191 e. The second-order valence-corrected chi connectivity index (χ2v) is 6.33. The van der Waals surface area contributed by atoms with Gasteiger partial charge < -0.3 is 10.6 Å². The normalized spacial score (nSPS) is 11.7. The van der Waals surface area contributed by atoms with E-state index in [1.807, 2.05) is 30.2 Å². The summed E-state index contributed by atoms with van der Waals surface area (Å²) < 4.78 is 1.95. The van der Waals surface area contributed by atoms with Gasteiger partial charge in [0.2, 0.25) is 0 Å². The highest BCUT2D eigenvalue weighted by molar-refractivity contribution is 14.0. The smallest absolute Gasteiger partial charge is 0.191 e. The molecule has 0 unspecified atom stereocenters. The average Bonchev–Trinajstić information content (AvgIpc) is 3.19. The maximum absolute atomic E-state index is 4.36. The molecule has 1 aromatic carbocycles. The van der Waals surface area contributed by atoms with Crippen LogP contribution in [0.25, 0.3) is 0 Å². The third kappa shape index (κ3) is 6.30. The fourth-order valence-electron chi connectivity index (χ4n) is 3.16. The number of guanidine groups is 1. The van der Waals surface area contributed by atoms with Crippen LogP contribution in [0.15, 0.2) is 53.8 Å². The number of hydrogen-bond acceptors (Lipinski definition) is 2. The molecule has 144 valence electrons. The summed E-state index contributed by atoms with van der Waals surface area (Å²) in [4.78, 5) is 4.36. The Hall–Kier alpha value is -1.57. The molecule has 0 aliphatic heterocycles. The highest BCUT2D eigenvalue weighted by atomic mass is 127. The Balaban J connectivity index is 0.00000338. The van der Waals surface area contributed by atoms with Gasteiger partial charge in [0.15, 0.2) is 5.96 Å². The van der Waals surface area contributed by atoms with Crippen LogP contribution in [0.1, 0.15) is 38.7 Å². The van der Waals surface area contributed by atoms with Crippen LogP contribution in [0.3, 0.4) is 0 Å². The van der Waals surface area contributed by atoms with Gasteiger partial charge in [-0.25, -0.2) is 0 Å². The Bertz CT molecular complexity index is 621. The molecule has 1 aromatic heterocycles. The number of aromatic nitrogens is 2. The number of rotatable bonds is 9. The molecule has 0 atom stereocenters. The molecule has 2 N–H and O–H groups in total. The van der Waals surface area contributed by atoms with Gasteiger partial charge in [0, 0.05) is 44.5 Å². The fourth-order valence-corrected chi connectivity index (χ4v) is 3.16. The Morgan fingerprint density at radius 1 is 1.12 bits per heavy atom. The van der Waals surface area contributed by atoms with Gasteiger partial charge in [-0.3, -0.25) is 9.67 Å². The Morgan fingerprint density at radius 2 is 1.85 bits per heavy atom. The van der Waals surface area contributed by atoms with E-state index in [2.05, 4.69) is 64.9 Å². The van der Waals surface area contributed by atoms with E-state index in [0.717, 1.165) is 44.9 Å². The predicted molar refractivity (Wildman–Crippen MR) is 120 cm³/mol. The summed E-state index contributed by atoms with van der Waals surface area (Å²) >= 11 is 0. The number of nitrogens with zero attached hydrogens (tertiary/aromatic N) is 3. The maximum atomic E-state index is 4.36. The molecule has 0 saturated carbocycles. The van der Waals surface area contributed by atoms with Crippen LogP contribution in [0.5, 0.6) is 0 Å². The number of aryl methyl sites for hydroxylation is 1. The first-order chi connectivity index (χ1) is 12.2. The number of hydrogen-bond donors (Lipinski definition) is 2. The van der Waals surface area contributed by atoms with Crippen LogP contribution < -0.4 is 10.6 Å². The summed E-state index contributed by atoms with van der Waals surface area (Å²) in [5, 5.41) is 11.1. The van der Waals surface area contributed by atoms with Gasteiger partial charge in [-0.2, -0.15) is 5.10 Å². The van der Waals surface area contributed by atoms with Crippen LogP contribution in [0.4, 0.5) is 0 Å². The predicted octanol–water partition coefficient (Wildman–Crippen LogP) is 3.81. The number of halogens is 1. The quantitative estimate of drug-likeness (QED) is 0.254. The molecule has 0 radical (unpaired) electrons. The molecule has 26 heavy (non-hydrogen) atoms. The average molecular weight is 469 g/mol. The Labute approximate surface area is 174 Å². The molecule has 2 aromatic rings. The van der Waals surface area contributed by atoms with Crippen molar-refractivity contribution < 1.29 is 0 Å². The molecule has 0 spiro atoms. The van der Waals surface area contributed by atoms with Crippen molar-refractivity contribution in [3.05, 3.63) is 54.4 Å². The van der Waals surface area contributed by atoms with Crippen molar-refractivity contribution in [1.82, 2.24) is 20.4 Å². The molecule has 0 aliphatic rings. The van der Waals surface area contributed by atoms with E-state index in [4.69, 9.17) is 0 Å². The summed E-state index contributed by atoms with van der Waals surface area (Å²) in [5.41, 5.74) is 1.52. The minimum atomic E-state index is 0. The van der Waals surface area contributed by atoms with E-state index in [1.165, 1.54) is 5.56 Å². The summed E-state index contributed by atoms with van der Waals surface area (Å²) in [6.07, 6.45) is 7.00. The lowest BCUT2D eigenvalue weighted by Crippen LogP contribution is -2.45. The molecule has 5 nitrogen and oxygen atoms in total. The summed E-state index contributed by atoms with van der Waals surface area (Å²) in [7, 11) is 1.82. The molecule has 0 saturated heterocycles. The SMILES string of the molecule is CCC(CC)(CNC(=NC)NCCCn1cccn1)c1ccccc1.I. The van der Waals surface area contributed by atoms with Crippen molar-refractivity contribution in [3.63, 3.8) is 0 Å². The number of nitrogens with one attached hydrogen (secondary N) is 2. The van der Waals surface area contributed by atoms with E-state index >= 15 is 0 Å². The van der Waals surface area contributed by atoms with Crippen molar-refractivity contribution >= 4 is 29.9 Å². The van der Waals surface area contributed by atoms with E-state index in [1.54, 1.807) is 0 Å². The standard InChI is InChI=1S/C20H31N5.HI/c1-4-20(5-2,18-11-7-6-8-12-18)17-23-19(21-3)22-13-9-15-25-16-10-14-24-25;/h6-8,10-12,14,16H,4-5,9,13,15,17H2,1-3H3,(H2,21,22,23);1H. The molecular weight excluding hydrogens is 437 g/mol. The zero-order chi connectivity index (χ0) is 18.0. The van der Waals surface area contributed by atoms with Crippen LogP contribution in [-0.4, -0.2) is 35.9 Å². The molecule has 0 bridgehead atoms. The van der Waals surface area contributed by atoms with Crippen molar-refractivity contribution in [2.75, 3.05) is 20.1 Å². The molecule has 6 heteroatoms. The van der Waals surface area contributed by atoms with E-state index in [-0.39, 0.29) is 29.4 Å². The zero-order valence-corrected chi connectivity index (χ0v) is 18.4. The number of benzene rings is 1. The first-order valence-electron chi connectivity index (χ1n) is 9.21. The van der Waals surface area contributed by atoms with Crippen LogP contribution >= 0.6 is 24.0 Å². The largest absolute Gasteiger partial charge is 0.356 e. The van der Waals surface area contributed by atoms with Crippen molar-refractivity contribution in [2.45, 2.75) is 45.1 Å². The van der Waals surface area contributed by atoms with Crippen molar-refractivity contribution in [3.8, 4) is 0 Å². The fraction of sp³-hybridized carbons (Fsp3) is 0.500. The summed E-state index contributed by atoms with van der Waals surface area (Å²) in [6, 6.07) is 12.7. The molecule has 0 aliphatic carbocycles. The van der Waals surface area contributed by atoms with Crippen LogP contribution in [0.2, 0.25) is 0 Å². The molecule has 2 rings (SSSR count). The molecular formula is C20H32IN5. The van der Waals surface area contributed by atoms with E-state index in [0.29, 0.717) is 0 Å². The van der Waals surface area contributed by atoms with Gasteiger partial charge in [0.25, 0.3) is 0 Å². The summed E-state index contributed by atoms with van der Waals surface area (Å²) in [5.74, 6) is 0.864. The molecule has 0 fully saturated rings. The Morgan fingerprint density at radius 3 is 2.42 bits per heavy atom. The van der Waals surface area contributed by atoms with Gasteiger partial charge in [0.05, 0.1) is 0 Å². The van der Waals surface area contributed by atoms with Crippen LogP contribution in [-0.2, 0) is 12.0 Å². The van der Waals surface area contributed by atoms with Crippen molar-refractivity contribution in [1.29, 1.82) is 0 Å². The zero-order valence-electron chi connectivity index (χ0n) is 16.1. The third-order valence-electron chi connectivity index (χ3n) is 4.97. The van der Waals surface area contributed by atoms with Crippen LogP contribution in [0, 0.1) is 0 Å². The second kappa shape index (κ2) is 11.9. The summed E-state index contributed by atoms with van der Waals surface area (Å²) in [6.45, 7) is 7.19. The third-order valence-corrected chi connectivity index (χ3v) is 4.97. The Kier molecular flexibility index (Phi) is 10.3. The lowest BCUT2D eigenvalue weighted by Gasteiger charge is -2.33. The lowest BCUT2D eigenvalue weighted by atomic mass is 9.76. The minimum absolute atomic E-state index is 0. The van der Waals surface area contributed by atoms with Gasteiger partial charge >= 0.3 is 0 Å². The van der Waals surface area contributed by atoms with E-state index in [9.17, 15) is 0 Å². The van der Waals surface area contributed by atoms with Gasteiger partial charge in [-0.05, 0) is 30.9 Å².